The average molecular weight is 362 g/mol. The third-order valence-corrected chi connectivity index (χ3v) is 4.20. The van der Waals surface area contributed by atoms with Gasteiger partial charge in [-0.05, 0) is 29.3 Å². The molecule has 1 unspecified atom stereocenters. The number of rotatable bonds is 9. The van der Waals surface area contributed by atoms with Crippen LogP contribution in [0.5, 0.6) is 11.5 Å². The van der Waals surface area contributed by atoms with Gasteiger partial charge in [0, 0.05) is 12.0 Å². The first kappa shape index (κ1) is 18.7. The van der Waals surface area contributed by atoms with Crippen LogP contribution in [0.3, 0.4) is 0 Å². The number of ether oxygens (including phenoxy) is 2. The van der Waals surface area contributed by atoms with Crippen LogP contribution in [0.15, 0.2) is 78.9 Å². The summed E-state index contributed by atoms with van der Waals surface area (Å²) in [6.45, 7) is 0.300. The smallest absolute Gasteiger partial charge is 0.162 e. The van der Waals surface area contributed by atoms with Crippen molar-refractivity contribution in [1.82, 2.24) is 0 Å². The van der Waals surface area contributed by atoms with Crippen LogP contribution in [0.2, 0.25) is 0 Å². The van der Waals surface area contributed by atoms with E-state index in [-0.39, 0.29) is 6.61 Å². The maximum absolute atomic E-state index is 11.1. The second-order valence-corrected chi connectivity index (χ2v) is 6.11. The van der Waals surface area contributed by atoms with E-state index in [1.807, 2.05) is 60.7 Å². The average Bonchev–Trinajstić information content (AvgIpc) is 2.74. The Bertz CT molecular complexity index is 847. The van der Waals surface area contributed by atoms with Crippen molar-refractivity contribution >= 4 is 6.29 Å². The van der Waals surface area contributed by atoms with Gasteiger partial charge in [-0.2, -0.15) is 0 Å². The van der Waals surface area contributed by atoms with Gasteiger partial charge in [-0.15, -0.1) is 0 Å². The first-order valence-electron chi connectivity index (χ1n) is 8.88. The largest absolute Gasteiger partial charge is 0.489 e. The van der Waals surface area contributed by atoms with Gasteiger partial charge in [0.25, 0.3) is 0 Å². The maximum atomic E-state index is 11.1. The molecule has 138 valence electrons. The van der Waals surface area contributed by atoms with Crippen molar-refractivity contribution in [3.63, 3.8) is 0 Å². The fraction of sp³-hybridized carbons (Fsp3) is 0.174. The SMILES string of the molecule is O=Cc1ccc(OCCc2ccccc2)c(OC(CO)c2ccccc2)c1. The monoisotopic (exact) mass is 362 g/mol. The predicted molar refractivity (Wildman–Crippen MR) is 104 cm³/mol. The molecule has 4 nitrogen and oxygen atoms in total. The van der Waals surface area contributed by atoms with Crippen LogP contribution in [0.4, 0.5) is 0 Å². The number of benzene rings is 3. The molecule has 1 N–H and O–H groups in total. The summed E-state index contributed by atoms with van der Waals surface area (Å²) in [5.74, 6) is 0.987. The Morgan fingerprint density at radius 2 is 1.59 bits per heavy atom. The van der Waals surface area contributed by atoms with E-state index in [4.69, 9.17) is 9.47 Å². The van der Waals surface area contributed by atoms with E-state index >= 15 is 0 Å². The van der Waals surface area contributed by atoms with Crippen molar-refractivity contribution < 1.29 is 19.4 Å². The molecule has 0 aliphatic heterocycles. The number of aliphatic hydroxyl groups is 1. The van der Waals surface area contributed by atoms with E-state index in [1.54, 1.807) is 18.2 Å². The molecule has 0 aliphatic carbocycles. The molecular weight excluding hydrogens is 340 g/mol. The van der Waals surface area contributed by atoms with Crippen molar-refractivity contribution in [1.29, 1.82) is 0 Å². The first-order valence-corrected chi connectivity index (χ1v) is 8.88. The van der Waals surface area contributed by atoms with Crippen LogP contribution >= 0.6 is 0 Å². The number of carbonyl (C=O) groups is 1. The summed E-state index contributed by atoms with van der Waals surface area (Å²) in [5, 5.41) is 9.75. The van der Waals surface area contributed by atoms with Crippen LogP contribution in [0, 0.1) is 0 Å². The van der Waals surface area contributed by atoms with E-state index in [1.165, 1.54) is 5.56 Å². The summed E-state index contributed by atoms with van der Waals surface area (Å²) < 4.78 is 11.9. The highest BCUT2D eigenvalue weighted by Gasteiger charge is 2.16. The van der Waals surface area contributed by atoms with Gasteiger partial charge in [-0.25, -0.2) is 0 Å². The molecule has 3 aromatic carbocycles. The van der Waals surface area contributed by atoms with Crippen LogP contribution in [-0.4, -0.2) is 24.6 Å². The third-order valence-electron chi connectivity index (χ3n) is 4.20. The number of aldehydes is 1. The van der Waals surface area contributed by atoms with E-state index in [2.05, 4.69) is 0 Å². The summed E-state index contributed by atoms with van der Waals surface area (Å²) in [6, 6.07) is 24.6. The van der Waals surface area contributed by atoms with Gasteiger partial charge in [0.2, 0.25) is 0 Å². The predicted octanol–water partition coefficient (Wildman–Crippen LogP) is 4.23. The van der Waals surface area contributed by atoms with Gasteiger partial charge in [0.05, 0.1) is 13.2 Å². The zero-order valence-electron chi connectivity index (χ0n) is 15.0. The van der Waals surface area contributed by atoms with Crippen LogP contribution in [0.25, 0.3) is 0 Å². The Kier molecular flexibility index (Phi) is 6.61. The van der Waals surface area contributed by atoms with Crippen molar-refractivity contribution in [2.45, 2.75) is 12.5 Å². The van der Waals surface area contributed by atoms with E-state index in [0.29, 0.717) is 23.7 Å². The Hall–Kier alpha value is -3.11. The lowest BCUT2D eigenvalue weighted by Gasteiger charge is -2.20. The highest BCUT2D eigenvalue weighted by atomic mass is 16.5. The van der Waals surface area contributed by atoms with Gasteiger partial charge >= 0.3 is 0 Å². The summed E-state index contributed by atoms with van der Waals surface area (Å²) in [6.07, 6.45) is 0.985. The number of carbonyl (C=O) groups excluding carboxylic acids is 1. The molecule has 3 aromatic rings. The van der Waals surface area contributed by atoms with Crippen LogP contribution < -0.4 is 9.47 Å². The molecule has 0 aliphatic rings. The van der Waals surface area contributed by atoms with Gasteiger partial charge in [-0.1, -0.05) is 60.7 Å². The summed E-state index contributed by atoms with van der Waals surface area (Å²) in [7, 11) is 0. The second kappa shape index (κ2) is 9.55. The van der Waals surface area contributed by atoms with Crippen LogP contribution in [0.1, 0.15) is 27.6 Å². The van der Waals surface area contributed by atoms with Crippen molar-refractivity contribution in [2.75, 3.05) is 13.2 Å². The number of hydrogen-bond acceptors (Lipinski definition) is 4. The Morgan fingerprint density at radius 1 is 0.889 bits per heavy atom. The Labute approximate surface area is 159 Å². The molecule has 0 aromatic heterocycles. The lowest BCUT2D eigenvalue weighted by Crippen LogP contribution is -2.13. The maximum Gasteiger partial charge on any atom is 0.162 e. The lowest BCUT2D eigenvalue weighted by atomic mass is 10.1. The van der Waals surface area contributed by atoms with Gasteiger partial charge in [0.1, 0.15) is 12.4 Å². The Morgan fingerprint density at radius 3 is 2.26 bits per heavy atom. The van der Waals surface area contributed by atoms with Gasteiger partial charge < -0.3 is 14.6 Å². The molecule has 0 amide bonds. The molecule has 0 heterocycles. The summed E-state index contributed by atoms with van der Waals surface area (Å²) in [5.41, 5.74) is 2.53. The van der Waals surface area contributed by atoms with E-state index in [0.717, 1.165) is 18.3 Å². The second-order valence-electron chi connectivity index (χ2n) is 6.11. The molecule has 0 radical (unpaired) electrons. The molecule has 3 rings (SSSR count). The standard InChI is InChI=1S/C23H22O4/c24-16-19-11-12-21(26-14-13-18-7-3-1-4-8-18)22(15-19)27-23(17-25)20-9-5-2-6-10-20/h1-12,15-16,23,25H,13-14,17H2. The van der Waals surface area contributed by atoms with Crippen LogP contribution in [-0.2, 0) is 6.42 Å². The number of hydrogen-bond donors (Lipinski definition) is 1. The zero-order valence-corrected chi connectivity index (χ0v) is 15.0. The summed E-state index contributed by atoms with van der Waals surface area (Å²) >= 11 is 0. The quantitative estimate of drug-likeness (QED) is 0.579. The first-order chi connectivity index (χ1) is 13.3. The molecule has 0 saturated heterocycles. The lowest BCUT2D eigenvalue weighted by molar-refractivity contribution is 0.110. The fourth-order valence-electron chi connectivity index (χ4n) is 2.76. The molecule has 0 fully saturated rings. The molecule has 4 heteroatoms. The molecular formula is C23H22O4. The minimum atomic E-state index is -0.537. The van der Waals surface area contributed by atoms with Crippen molar-refractivity contribution in [2.24, 2.45) is 0 Å². The molecule has 0 spiro atoms. The number of aliphatic hydroxyl groups excluding tert-OH is 1. The zero-order chi connectivity index (χ0) is 18.9. The molecule has 0 bridgehead atoms. The topological polar surface area (TPSA) is 55.8 Å². The van der Waals surface area contributed by atoms with Gasteiger partial charge in [0.15, 0.2) is 11.5 Å². The third kappa shape index (κ3) is 5.19. The minimum absolute atomic E-state index is 0.182. The molecule has 0 saturated carbocycles. The Balaban J connectivity index is 1.75. The minimum Gasteiger partial charge on any atom is -0.489 e. The molecule has 27 heavy (non-hydrogen) atoms. The highest BCUT2D eigenvalue weighted by Crippen LogP contribution is 2.32. The van der Waals surface area contributed by atoms with Crippen molar-refractivity contribution in [3.8, 4) is 11.5 Å². The summed E-state index contributed by atoms with van der Waals surface area (Å²) in [4.78, 5) is 11.1. The van der Waals surface area contributed by atoms with E-state index in [9.17, 15) is 9.90 Å². The van der Waals surface area contributed by atoms with Crippen molar-refractivity contribution in [3.05, 3.63) is 95.6 Å². The van der Waals surface area contributed by atoms with Gasteiger partial charge in [-0.3, -0.25) is 4.79 Å². The molecule has 1 atom stereocenters. The normalized spacial score (nSPS) is 11.6. The van der Waals surface area contributed by atoms with E-state index < -0.39 is 6.10 Å². The fourth-order valence-corrected chi connectivity index (χ4v) is 2.76. The highest BCUT2D eigenvalue weighted by molar-refractivity contribution is 5.76.